The van der Waals surface area contributed by atoms with Crippen LogP contribution >= 0.6 is 0 Å². The SMILES string of the molecule is N[C@@H](CCC(=O)OC(=O)C(F)(F)F)C(=O)O. The van der Waals surface area contributed by atoms with E-state index in [4.69, 9.17) is 10.8 Å². The fraction of sp³-hybridized carbons (Fsp3) is 0.571. The zero-order chi connectivity index (χ0) is 12.9. The van der Waals surface area contributed by atoms with Gasteiger partial charge in [0.05, 0.1) is 0 Å². The Kier molecular flexibility index (Phi) is 4.89. The number of carbonyl (C=O) groups excluding carboxylic acids is 2. The zero-order valence-corrected chi connectivity index (χ0v) is 7.78. The second-order valence-electron chi connectivity index (χ2n) is 2.74. The van der Waals surface area contributed by atoms with Crippen molar-refractivity contribution in [1.29, 1.82) is 0 Å². The second kappa shape index (κ2) is 5.45. The summed E-state index contributed by atoms with van der Waals surface area (Å²) in [6.45, 7) is 0. The molecule has 0 aliphatic rings. The number of esters is 2. The number of halogens is 3. The molecule has 0 radical (unpaired) electrons. The van der Waals surface area contributed by atoms with Gasteiger partial charge in [-0.05, 0) is 6.42 Å². The summed E-state index contributed by atoms with van der Waals surface area (Å²) in [6, 6.07) is -1.39. The third-order valence-electron chi connectivity index (χ3n) is 1.41. The molecular formula is C7H8F3NO5. The van der Waals surface area contributed by atoms with Crippen molar-refractivity contribution in [1.82, 2.24) is 0 Å². The first kappa shape index (κ1) is 14.4. The molecule has 9 heteroatoms. The maximum Gasteiger partial charge on any atom is 0.491 e. The van der Waals surface area contributed by atoms with Gasteiger partial charge in [-0.25, -0.2) is 4.79 Å². The van der Waals surface area contributed by atoms with Gasteiger partial charge in [0.1, 0.15) is 6.04 Å². The van der Waals surface area contributed by atoms with Crippen LogP contribution in [0, 0.1) is 0 Å². The van der Waals surface area contributed by atoms with E-state index in [1.165, 1.54) is 0 Å². The Hall–Kier alpha value is -1.64. The predicted molar refractivity (Wildman–Crippen MR) is 42.0 cm³/mol. The molecule has 0 saturated heterocycles. The number of ether oxygens (including phenoxy) is 1. The monoisotopic (exact) mass is 243 g/mol. The zero-order valence-electron chi connectivity index (χ0n) is 7.78. The number of carboxylic acid groups (broad SMARTS) is 1. The summed E-state index contributed by atoms with van der Waals surface area (Å²) < 4.78 is 38.2. The van der Waals surface area contributed by atoms with Crippen molar-refractivity contribution in [2.45, 2.75) is 25.1 Å². The Morgan fingerprint density at radius 2 is 1.81 bits per heavy atom. The molecule has 0 spiro atoms. The van der Waals surface area contributed by atoms with E-state index >= 15 is 0 Å². The van der Waals surface area contributed by atoms with E-state index in [-0.39, 0.29) is 0 Å². The summed E-state index contributed by atoms with van der Waals surface area (Å²) in [5.74, 6) is -5.52. The fourth-order valence-electron chi connectivity index (χ4n) is 0.609. The van der Waals surface area contributed by atoms with Crippen molar-refractivity contribution in [3.8, 4) is 0 Å². The average Bonchev–Trinajstić information content (AvgIpc) is 2.12. The van der Waals surface area contributed by atoms with Crippen LogP contribution in [0.2, 0.25) is 0 Å². The van der Waals surface area contributed by atoms with Crippen LogP contribution in [0.5, 0.6) is 0 Å². The average molecular weight is 243 g/mol. The molecule has 0 aromatic heterocycles. The molecule has 0 bridgehead atoms. The molecule has 0 aromatic rings. The van der Waals surface area contributed by atoms with Crippen molar-refractivity contribution in [3.05, 3.63) is 0 Å². The minimum absolute atomic E-state index is 0.417. The lowest BCUT2D eigenvalue weighted by Crippen LogP contribution is -2.32. The Balaban J connectivity index is 4.02. The number of carbonyl (C=O) groups is 3. The van der Waals surface area contributed by atoms with Gasteiger partial charge >= 0.3 is 24.1 Å². The molecule has 0 rings (SSSR count). The van der Waals surface area contributed by atoms with Crippen molar-refractivity contribution in [3.63, 3.8) is 0 Å². The van der Waals surface area contributed by atoms with Crippen molar-refractivity contribution < 1.29 is 37.4 Å². The van der Waals surface area contributed by atoms with Crippen LogP contribution in [0.3, 0.4) is 0 Å². The largest absolute Gasteiger partial charge is 0.491 e. The van der Waals surface area contributed by atoms with Gasteiger partial charge in [0.25, 0.3) is 0 Å². The molecule has 3 N–H and O–H groups in total. The number of aliphatic carboxylic acids is 1. The fourth-order valence-corrected chi connectivity index (χ4v) is 0.609. The Bertz CT molecular complexity index is 301. The van der Waals surface area contributed by atoms with E-state index in [0.717, 1.165) is 0 Å². The summed E-state index contributed by atoms with van der Waals surface area (Å²) >= 11 is 0. The molecule has 0 fully saturated rings. The standard InChI is InChI=1S/C7H8F3NO5/c8-7(9,10)6(15)16-4(12)2-1-3(11)5(13)14/h3H,1-2,11H2,(H,13,14)/t3-/m0/s1. The lowest BCUT2D eigenvalue weighted by atomic mass is 10.2. The number of carboxylic acids is 1. The van der Waals surface area contributed by atoms with E-state index in [2.05, 4.69) is 4.74 Å². The number of alkyl halides is 3. The Morgan fingerprint density at radius 3 is 2.19 bits per heavy atom. The van der Waals surface area contributed by atoms with Crippen LogP contribution < -0.4 is 5.73 Å². The van der Waals surface area contributed by atoms with Gasteiger partial charge in [-0.2, -0.15) is 13.2 Å². The summed E-state index contributed by atoms with van der Waals surface area (Å²) in [6.07, 6.45) is -6.36. The lowest BCUT2D eigenvalue weighted by molar-refractivity contribution is -0.201. The van der Waals surface area contributed by atoms with Crippen molar-refractivity contribution in [2.75, 3.05) is 0 Å². The molecule has 0 saturated carbocycles. The first-order valence-electron chi connectivity index (χ1n) is 3.94. The minimum atomic E-state index is -5.26. The van der Waals surface area contributed by atoms with E-state index in [1.54, 1.807) is 0 Å². The highest BCUT2D eigenvalue weighted by Gasteiger charge is 2.42. The topological polar surface area (TPSA) is 107 Å². The highest BCUT2D eigenvalue weighted by atomic mass is 19.4. The highest BCUT2D eigenvalue weighted by molar-refractivity contribution is 5.88. The summed E-state index contributed by atoms with van der Waals surface area (Å²) in [4.78, 5) is 30.9. The van der Waals surface area contributed by atoms with Crippen molar-refractivity contribution >= 4 is 17.9 Å². The van der Waals surface area contributed by atoms with Crippen LogP contribution in [0.1, 0.15) is 12.8 Å². The molecule has 0 amide bonds. The smallest absolute Gasteiger partial charge is 0.480 e. The minimum Gasteiger partial charge on any atom is -0.480 e. The third kappa shape index (κ3) is 5.29. The second-order valence-corrected chi connectivity index (χ2v) is 2.74. The molecule has 0 heterocycles. The molecule has 0 aliphatic heterocycles. The first-order chi connectivity index (χ1) is 7.14. The van der Waals surface area contributed by atoms with Gasteiger partial charge in [0.15, 0.2) is 0 Å². The van der Waals surface area contributed by atoms with E-state index in [1.807, 2.05) is 0 Å². The number of nitrogens with two attached hydrogens (primary N) is 1. The summed E-state index contributed by atoms with van der Waals surface area (Å²) in [5, 5.41) is 8.28. The molecule has 0 unspecified atom stereocenters. The maximum atomic E-state index is 11.6. The molecule has 6 nitrogen and oxygen atoms in total. The van der Waals surface area contributed by atoms with Gasteiger partial charge in [0.2, 0.25) is 0 Å². The molecule has 1 atom stereocenters. The van der Waals surface area contributed by atoms with Crippen LogP contribution in [-0.2, 0) is 19.1 Å². The molecule has 16 heavy (non-hydrogen) atoms. The normalized spacial score (nSPS) is 13.0. The van der Waals surface area contributed by atoms with Gasteiger partial charge in [-0.3, -0.25) is 9.59 Å². The van der Waals surface area contributed by atoms with Gasteiger partial charge in [-0.1, -0.05) is 0 Å². The van der Waals surface area contributed by atoms with E-state index in [0.29, 0.717) is 0 Å². The number of hydrogen-bond donors (Lipinski definition) is 2. The summed E-state index contributed by atoms with van der Waals surface area (Å²) in [5.41, 5.74) is 4.97. The quantitative estimate of drug-likeness (QED) is 0.523. The molecular weight excluding hydrogens is 235 g/mol. The Morgan fingerprint density at radius 1 is 1.31 bits per heavy atom. The lowest BCUT2D eigenvalue weighted by Gasteiger charge is -2.07. The molecule has 92 valence electrons. The van der Waals surface area contributed by atoms with Gasteiger partial charge in [-0.15, -0.1) is 0 Å². The molecule has 0 aliphatic carbocycles. The number of rotatable bonds is 4. The van der Waals surface area contributed by atoms with Gasteiger partial charge in [0, 0.05) is 6.42 Å². The van der Waals surface area contributed by atoms with Gasteiger partial charge < -0.3 is 15.6 Å². The first-order valence-corrected chi connectivity index (χ1v) is 3.94. The predicted octanol–water partition coefficient (Wildman–Crippen LogP) is -0.189. The van der Waals surface area contributed by atoms with Crippen molar-refractivity contribution in [2.24, 2.45) is 5.73 Å². The van der Waals surface area contributed by atoms with Crippen LogP contribution in [0.15, 0.2) is 0 Å². The van der Waals surface area contributed by atoms with E-state index < -0.39 is 43.0 Å². The van der Waals surface area contributed by atoms with E-state index in [9.17, 15) is 27.6 Å². The Labute approximate surface area is 87.2 Å². The highest BCUT2D eigenvalue weighted by Crippen LogP contribution is 2.16. The van der Waals surface area contributed by atoms with Crippen LogP contribution in [-0.4, -0.2) is 35.2 Å². The molecule has 0 aromatic carbocycles. The van der Waals surface area contributed by atoms with Crippen LogP contribution in [0.25, 0.3) is 0 Å². The maximum absolute atomic E-state index is 11.6. The number of hydrogen-bond acceptors (Lipinski definition) is 5. The summed E-state index contributed by atoms with van der Waals surface area (Å²) in [7, 11) is 0. The van der Waals surface area contributed by atoms with Crippen LogP contribution in [0.4, 0.5) is 13.2 Å². The third-order valence-corrected chi connectivity index (χ3v) is 1.41.